The van der Waals surface area contributed by atoms with E-state index >= 15 is 4.39 Å². The summed E-state index contributed by atoms with van der Waals surface area (Å²) in [5.74, 6) is 1.34. The summed E-state index contributed by atoms with van der Waals surface area (Å²) < 4.78 is 41.7. The van der Waals surface area contributed by atoms with Gasteiger partial charge in [-0.3, -0.25) is 5.41 Å². The number of hydrogen-bond acceptors (Lipinski definition) is 6. The third-order valence-electron chi connectivity index (χ3n) is 5.71. The van der Waals surface area contributed by atoms with E-state index in [0.29, 0.717) is 34.2 Å². The van der Waals surface area contributed by atoms with E-state index in [0.717, 1.165) is 11.3 Å². The summed E-state index contributed by atoms with van der Waals surface area (Å²) >= 11 is 1.33. The summed E-state index contributed by atoms with van der Waals surface area (Å²) in [5.41, 5.74) is -0.849. The van der Waals surface area contributed by atoms with Crippen molar-refractivity contribution < 1.29 is 18.3 Å². The molecule has 2 unspecified atom stereocenters. The van der Waals surface area contributed by atoms with Crippen molar-refractivity contribution in [1.82, 2.24) is 19.5 Å². The maximum absolute atomic E-state index is 15.1. The van der Waals surface area contributed by atoms with Gasteiger partial charge in [-0.15, -0.1) is 0 Å². The minimum Gasteiger partial charge on any atom is -0.497 e. The standard InChI is InChI=1S/C21H25F2N5O2S/c1-29-13-6-7-14(30-2)15(11-13)31-20-26-17-18(24)25-12-28(19(17)27-20)10-9-21(23)8-4-3-5-16(21)22/h6-7,11-12,16,24H,3-5,8-10H2,1-2H3,(H,26,27). The molecule has 0 radical (unpaired) electrons. The van der Waals surface area contributed by atoms with Crippen molar-refractivity contribution in [2.45, 2.75) is 60.5 Å². The van der Waals surface area contributed by atoms with Crippen LogP contribution < -0.4 is 15.0 Å². The fourth-order valence-corrected chi connectivity index (χ4v) is 4.81. The lowest BCUT2D eigenvalue weighted by atomic mass is 9.82. The number of benzene rings is 1. The van der Waals surface area contributed by atoms with Crippen LogP contribution in [-0.4, -0.2) is 45.6 Å². The van der Waals surface area contributed by atoms with Gasteiger partial charge in [0.25, 0.3) is 0 Å². The molecule has 2 heterocycles. The molecule has 0 aliphatic heterocycles. The van der Waals surface area contributed by atoms with Crippen molar-refractivity contribution in [3.8, 4) is 11.5 Å². The zero-order valence-electron chi connectivity index (χ0n) is 17.5. The van der Waals surface area contributed by atoms with Crippen LogP contribution in [0.25, 0.3) is 11.2 Å². The van der Waals surface area contributed by atoms with Gasteiger partial charge < -0.3 is 19.0 Å². The fraction of sp³-hybridized carbons (Fsp3) is 0.476. The second-order valence-electron chi connectivity index (χ2n) is 7.64. The van der Waals surface area contributed by atoms with E-state index in [-0.39, 0.29) is 31.3 Å². The summed E-state index contributed by atoms with van der Waals surface area (Å²) in [5, 5.41) is 8.65. The maximum Gasteiger partial charge on any atom is 0.173 e. The Hall–Kier alpha value is -2.62. The number of ether oxygens (including phenoxy) is 2. The highest BCUT2D eigenvalue weighted by Crippen LogP contribution is 2.38. The number of aryl methyl sites for hydroxylation is 1. The van der Waals surface area contributed by atoms with Crippen LogP contribution in [0.4, 0.5) is 8.78 Å². The zero-order valence-corrected chi connectivity index (χ0v) is 18.3. The van der Waals surface area contributed by atoms with E-state index in [2.05, 4.69) is 15.0 Å². The smallest absolute Gasteiger partial charge is 0.173 e. The van der Waals surface area contributed by atoms with Crippen LogP contribution in [0.1, 0.15) is 32.1 Å². The number of fused-ring (bicyclic) bond motifs is 1. The number of rotatable bonds is 7. The Kier molecular flexibility index (Phi) is 6.17. The molecule has 1 fully saturated rings. The number of aromatic amines is 1. The third-order valence-corrected chi connectivity index (χ3v) is 6.63. The minimum absolute atomic E-state index is 0.0409. The number of halogens is 2. The van der Waals surface area contributed by atoms with Crippen molar-refractivity contribution in [3.05, 3.63) is 30.0 Å². The van der Waals surface area contributed by atoms with Crippen LogP contribution in [0.5, 0.6) is 11.5 Å². The predicted octanol–water partition coefficient (Wildman–Crippen LogP) is 4.42. The molecule has 0 saturated heterocycles. The van der Waals surface area contributed by atoms with Crippen LogP contribution in [0, 0.1) is 5.41 Å². The maximum atomic E-state index is 15.1. The van der Waals surface area contributed by atoms with Crippen molar-refractivity contribution in [3.63, 3.8) is 0 Å². The summed E-state index contributed by atoms with van der Waals surface area (Å²) in [4.78, 5) is 12.6. The molecule has 1 aliphatic rings. The Bertz CT molecular complexity index is 1130. The van der Waals surface area contributed by atoms with Crippen molar-refractivity contribution in [1.29, 1.82) is 5.41 Å². The largest absolute Gasteiger partial charge is 0.497 e. The first kappa shape index (κ1) is 21.6. The van der Waals surface area contributed by atoms with Crippen LogP contribution >= 0.6 is 11.8 Å². The summed E-state index contributed by atoms with van der Waals surface area (Å²) in [6.45, 7) is 0.234. The lowest BCUT2D eigenvalue weighted by molar-refractivity contribution is 0.00226. The van der Waals surface area contributed by atoms with Gasteiger partial charge in [0.05, 0.1) is 25.4 Å². The second kappa shape index (κ2) is 8.86. The first-order valence-electron chi connectivity index (χ1n) is 10.2. The number of hydrogen-bond donors (Lipinski definition) is 2. The Balaban J connectivity index is 1.62. The molecule has 31 heavy (non-hydrogen) atoms. The predicted molar refractivity (Wildman–Crippen MR) is 113 cm³/mol. The van der Waals surface area contributed by atoms with Gasteiger partial charge in [-0.05, 0) is 42.8 Å². The van der Waals surface area contributed by atoms with Gasteiger partial charge in [0, 0.05) is 13.0 Å². The number of H-pyrrole nitrogens is 1. The average Bonchev–Trinajstić information content (AvgIpc) is 3.20. The Morgan fingerprint density at radius 2 is 2.16 bits per heavy atom. The SMILES string of the molecule is COc1ccc(OC)c(Sc2nc3c([nH]2)c(=N)ncn3CCC2(F)CCCCC2F)c1. The Morgan fingerprint density at radius 1 is 1.32 bits per heavy atom. The molecule has 10 heteroatoms. The van der Waals surface area contributed by atoms with Crippen molar-refractivity contribution in [2.75, 3.05) is 14.2 Å². The first-order chi connectivity index (χ1) is 14.9. The number of nitrogens with zero attached hydrogens (tertiary/aromatic N) is 3. The topological polar surface area (TPSA) is 88.8 Å². The molecule has 1 aromatic carbocycles. The number of methoxy groups -OCH3 is 2. The average molecular weight is 450 g/mol. The van der Waals surface area contributed by atoms with Crippen LogP contribution in [-0.2, 0) is 6.54 Å². The molecule has 4 rings (SSSR count). The fourth-order valence-electron chi connectivity index (χ4n) is 3.89. The van der Waals surface area contributed by atoms with Crippen LogP contribution in [0.3, 0.4) is 0 Å². The van der Waals surface area contributed by atoms with Gasteiger partial charge in [0.2, 0.25) is 0 Å². The molecular formula is C21H25F2N5O2S. The van der Waals surface area contributed by atoms with Crippen LogP contribution in [0.2, 0.25) is 0 Å². The third kappa shape index (κ3) is 4.39. The number of aromatic nitrogens is 4. The highest BCUT2D eigenvalue weighted by atomic mass is 32.2. The van der Waals surface area contributed by atoms with Crippen molar-refractivity contribution in [2.24, 2.45) is 0 Å². The van der Waals surface area contributed by atoms with Gasteiger partial charge in [-0.2, -0.15) is 0 Å². The molecule has 0 bridgehead atoms. The number of alkyl halides is 2. The highest BCUT2D eigenvalue weighted by molar-refractivity contribution is 7.99. The number of nitrogens with one attached hydrogen (secondary N) is 2. The zero-order chi connectivity index (χ0) is 22.0. The monoisotopic (exact) mass is 449 g/mol. The molecule has 166 valence electrons. The normalized spacial score (nSPS) is 21.4. The summed E-state index contributed by atoms with van der Waals surface area (Å²) in [7, 11) is 3.17. The molecule has 7 nitrogen and oxygen atoms in total. The van der Waals surface area contributed by atoms with Gasteiger partial charge in [-0.1, -0.05) is 12.8 Å². The highest BCUT2D eigenvalue weighted by Gasteiger charge is 2.41. The summed E-state index contributed by atoms with van der Waals surface area (Å²) in [6, 6.07) is 5.44. The van der Waals surface area contributed by atoms with E-state index in [4.69, 9.17) is 14.9 Å². The van der Waals surface area contributed by atoms with E-state index < -0.39 is 11.8 Å². The minimum atomic E-state index is -1.82. The van der Waals surface area contributed by atoms with E-state index in [9.17, 15) is 4.39 Å². The van der Waals surface area contributed by atoms with Gasteiger partial charge >= 0.3 is 0 Å². The van der Waals surface area contributed by atoms with Gasteiger partial charge in [-0.25, -0.2) is 18.7 Å². The molecule has 2 aromatic heterocycles. The van der Waals surface area contributed by atoms with E-state index in [1.165, 1.54) is 18.1 Å². The lowest BCUT2D eigenvalue weighted by Gasteiger charge is -2.33. The van der Waals surface area contributed by atoms with E-state index in [1.54, 1.807) is 30.9 Å². The first-order valence-corrected chi connectivity index (χ1v) is 11.0. The molecule has 2 atom stereocenters. The Labute approximate surface area is 182 Å². The Morgan fingerprint density at radius 3 is 2.90 bits per heavy atom. The number of imidazole rings is 1. The van der Waals surface area contributed by atoms with Gasteiger partial charge in [0.15, 0.2) is 16.3 Å². The lowest BCUT2D eigenvalue weighted by Crippen LogP contribution is -2.39. The molecule has 3 aromatic rings. The van der Waals surface area contributed by atoms with Crippen molar-refractivity contribution >= 4 is 22.9 Å². The molecule has 1 saturated carbocycles. The second-order valence-corrected chi connectivity index (χ2v) is 8.67. The van der Waals surface area contributed by atoms with Crippen LogP contribution in [0.15, 0.2) is 34.6 Å². The molecular weight excluding hydrogens is 424 g/mol. The summed E-state index contributed by atoms with van der Waals surface area (Å²) in [6.07, 6.45) is 2.01. The molecule has 2 N–H and O–H groups in total. The van der Waals surface area contributed by atoms with E-state index in [1.807, 2.05) is 6.07 Å². The molecule has 0 amide bonds. The molecule has 0 spiro atoms. The quantitative estimate of drug-likeness (QED) is 0.558. The van der Waals surface area contributed by atoms with Gasteiger partial charge in [0.1, 0.15) is 28.9 Å². The molecule has 1 aliphatic carbocycles.